The minimum absolute atomic E-state index is 0.0302. The molecule has 1 rings (SSSR count). The molecule has 134 valence electrons. The van der Waals surface area contributed by atoms with E-state index in [0.29, 0.717) is 19.3 Å². The van der Waals surface area contributed by atoms with E-state index in [2.05, 4.69) is 5.32 Å². The summed E-state index contributed by atoms with van der Waals surface area (Å²) in [6.45, 7) is 1.77. The number of carbonyl (C=O) groups excluding carboxylic acids is 1. The molecule has 0 radical (unpaired) electrons. The Morgan fingerprint density at radius 2 is 1.58 bits per heavy atom. The van der Waals surface area contributed by atoms with Crippen molar-refractivity contribution < 1.29 is 13.6 Å². The summed E-state index contributed by atoms with van der Waals surface area (Å²) >= 11 is 1.67. The normalized spacial score (nSPS) is 10.5. The van der Waals surface area contributed by atoms with E-state index in [1.807, 2.05) is 30.5 Å². The minimum Gasteiger partial charge on any atom is -0.326 e. The summed E-state index contributed by atoms with van der Waals surface area (Å²) in [5, 5.41) is 2.89. The van der Waals surface area contributed by atoms with Gasteiger partial charge in [-0.15, -0.1) is 11.8 Å². The van der Waals surface area contributed by atoms with Gasteiger partial charge < -0.3 is 5.32 Å². The predicted octanol–water partition coefficient (Wildman–Crippen LogP) is 6.64. The Bertz CT molecular complexity index is 525. The number of unbranched alkanes of at least 4 members (excludes halogenated alkanes) is 4. The molecule has 0 saturated carbocycles. The van der Waals surface area contributed by atoms with Gasteiger partial charge in [-0.25, -0.2) is 0 Å². The Balaban J connectivity index is 2.10. The highest BCUT2D eigenvalue weighted by atomic mass is 32.2. The molecule has 0 saturated heterocycles. The number of allylic oxidation sites excluding steroid dienone is 1. The van der Waals surface area contributed by atoms with Crippen LogP contribution in [0.15, 0.2) is 40.8 Å². The maximum atomic E-state index is 12.5. The Hall–Kier alpha value is -1.36. The van der Waals surface area contributed by atoms with Gasteiger partial charge in [0.1, 0.15) is 0 Å². The molecule has 0 bridgehead atoms. The third-order valence-corrected chi connectivity index (χ3v) is 4.69. The molecule has 5 heteroatoms. The molecular formula is C19H27F2NOS. The highest BCUT2D eigenvalue weighted by Gasteiger charge is 2.04. The Labute approximate surface area is 148 Å². The van der Waals surface area contributed by atoms with Crippen LogP contribution < -0.4 is 5.32 Å². The van der Waals surface area contributed by atoms with Crippen molar-refractivity contribution in [2.75, 3.05) is 11.6 Å². The molecule has 0 aliphatic heterocycles. The lowest BCUT2D eigenvalue weighted by Crippen LogP contribution is -2.10. The van der Waals surface area contributed by atoms with Gasteiger partial charge in [-0.05, 0) is 61.8 Å². The molecule has 0 fully saturated rings. The van der Waals surface area contributed by atoms with E-state index in [1.165, 1.54) is 4.90 Å². The van der Waals surface area contributed by atoms with Crippen LogP contribution in [0, 0.1) is 0 Å². The molecule has 0 unspecified atom stereocenters. The van der Waals surface area contributed by atoms with E-state index in [-0.39, 0.29) is 11.5 Å². The van der Waals surface area contributed by atoms with E-state index in [1.54, 1.807) is 18.7 Å². The van der Waals surface area contributed by atoms with Gasteiger partial charge in [0.25, 0.3) is 6.08 Å². The van der Waals surface area contributed by atoms with Gasteiger partial charge in [0.2, 0.25) is 5.91 Å². The molecule has 0 atom stereocenters. The molecule has 1 amide bonds. The zero-order valence-corrected chi connectivity index (χ0v) is 15.4. The summed E-state index contributed by atoms with van der Waals surface area (Å²) < 4.78 is 24.9. The number of anilines is 1. The first-order chi connectivity index (χ1) is 11.6. The lowest BCUT2D eigenvalue weighted by atomic mass is 10.0. The average Bonchev–Trinajstić information content (AvgIpc) is 2.57. The fourth-order valence-electron chi connectivity index (χ4n) is 2.46. The molecule has 1 aromatic carbocycles. The standard InChI is InChI=1S/C19H27F2NOS/c1-3-15(19(20)21)9-7-5-4-6-8-10-18(23)22-16-11-13-17(24-2)14-12-16/h11-14H,3-10H2,1-2H3,(H,22,23). The first kappa shape index (κ1) is 20.7. The van der Waals surface area contributed by atoms with Crippen molar-refractivity contribution in [3.05, 3.63) is 35.9 Å². The van der Waals surface area contributed by atoms with Crippen LogP contribution in [0.2, 0.25) is 0 Å². The first-order valence-electron chi connectivity index (χ1n) is 8.53. The fraction of sp³-hybridized carbons (Fsp3) is 0.526. The van der Waals surface area contributed by atoms with Gasteiger partial charge >= 0.3 is 0 Å². The van der Waals surface area contributed by atoms with Crippen LogP contribution in [0.1, 0.15) is 58.3 Å². The van der Waals surface area contributed by atoms with Crippen LogP contribution in [-0.2, 0) is 4.79 Å². The van der Waals surface area contributed by atoms with Crippen LogP contribution >= 0.6 is 11.8 Å². The molecule has 0 aliphatic carbocycles. The number of halogens is 2. The molecular weight excluding hydrogens is 328 g/mol. The summed E-state index contributed by atoms with van der Waals surface area (Å²) in [4.78, 5) is 13.0. The Morgan fingerprint density at radius 1 is 1.00 bits per heavy atom. The van der Waals surface area contributed by atoms with Crippen LogP contribution in [0.5, 0.6) is 0 Å². The number of amides is 1. The molecule has 0 aliphatic rings. The smallest absolute Gasteiger partial charge is 0.269 e. The van der Waals surface area contributed by atoms with Gasteiger partial charge in [0, 0.05) is 17.0 Å². The fourth-order valence-corrected chi connectivity index (χ4v) is 2.87. The van der Waals surface area contributed by atoms with Gasteiger partial charge in [0.15, 0.2) is 0 Å². The van der Waals surface area contributed by atoms with E-state index < -0.39 is 6.08 Å². The second kappa shape index (κ2) is 12.1. The summed E-state index contributed by atoms with van der Waals surface area (Å²) in [6, 6.07) is 7.79. The van der Waals surface area contributed by atoms with Crippen LogP contribution in [0.25, 0.3) is 0 Å². The van der Waals surface area contributed by atoms with E-state index in [4.69, 9.17) is 0 Å². The molecule has 24 heavy (non-hydrogen) atoms. The first-order valence-corrected chi connectivity index (χ1v) is 9.76. The number of benzene rings is 1. The maximum absolute atomic E-state index is 12.5. The second-order valence-electron chi connectivity index (χ2n) is 5.76. The van der Waals surface area contributed by atoms with Crippen LogP contribution in [-0.4, -0.2) is 12.2 Å². The molecule has 0 aromatic heterocycles. The van der Waals surface area contributed by atoms with Crippen molar-refractivity contribution in [2.45, 2.75) is 63.2 Å². The number of nitrogens with one attached hydrogen (secondary N) is 1. The number of hydrogen-bond acceptors (Lipinski definition) is 2. The van der Waals surface area contributed by atoms with E-state index >= 15 is 0 Å². The van der Waals surface area contributed by atoms with Gasteiger partial charge in [-0.1, -0.05) is 26.2 Å². The predicted molar refractivity (Wildman–Crippen MR) is 98.7 cm³/mol. The second-order valence-corrected chi connectivity index (χ2v) is 6.64. The largest absolute Gasteiger partial charge is 0.326 e. The van der Waals surface area contributed by atoms with Gasteiger partial charge in [-0.2, -0.15) is 8.78 Å². The SMILES string of the molecule is CCC(CCCCCCCC(=O)Nc1ccc(SC)cc1)=C(F)F. The van der Waals surface area contributed by atoms with Crippen molar-refractivity contribution in [3.8, 4) is 0 Å². The Morgan fingerprint density at radius 3 is 2.12 bits per heavy atom. The number of thioether (sulfide) groups is 1. The van der Waals surface area contributed by atoms with Crippen LogP contribution in [0.4, 0.5) is 14.5 Å². The quantitative estimate of drug-likeness (QED) is 0.356. The Kier molecular flexibility index (Phi) is 10.4. The zero-order valence-electron chi connectivity index (χ0n) is 14.5. The average molecular weight is 355 g/mol. The van der Waals surface area contributed by atoms with Gasteiger partial charge in [-0.3, -0.25) is 4.79 Å². The molecule has 2 nitrogen and oxygen atoms in total. The number of rotatable bonds is 11. The monoisotopic (exact) mass is 355 g/mol. The summed E-state index contributed by atoms with van der Waals surface area (Å²) in [7, 11) is 0. The topological polar surface area (TPSA) is 29.1 Å². The highest BCUT2D eigenvalue weighted by molar-refractivity contribution is 7.98. The third-order valence-electron chi connectivity index (χ3n) is 3.95. The summed E-state index contributed by atoms with van der Waals surface area (Å²) in [6.07, 6.45) is 6.45. The lowest BCUT2D eigenvalue weighted by molar-refractivity contribution is -0.116. The van der Waals surface area contributed by atoms with Gasteiger partial charge in [0.05, 0.1) is 0 Å². The molecule has 0 heterocycles. The van der Waals surface area contributed by atoms with Crippen LogP contribution in [0.3, 0.4) is 0 Å². The summed E-state index contributed by atoms with van der Waals surface area (Å²) in [5.74, 6) is 0.0302. The highest BCUT2D eigenvalue weighted by Crippen LogP contribution is 2.20. The number of hydrogen-bond donors (Lipinski definition) is 1. The van der Waals surface area contributed by atoms with E-state index in [9.17, 15) is 13.6 Å². The number of carbonyl (C=O) groups is 1. The van der Waals surface area contributed by atoms with E-state index in [0.717, 1.165) is 37.8 Å². The van der Waals surface area contributed by atoms with Crippen molar-refractivity contribution in [1.82, 2.24) is 0 Å². The molecule has 1 N–H and O–H groups in total. The lowest BCUT2D eigenvalue weighted by Gasteiger charge is -2.06. The van der Waals surface area contributed by atoms with Crippen molar-refractivity contribution in [2.24, 2.45) is 0 Å². The molecule has 0 spiro atoms. The maximum Gasteiger partial charge on any atom is 0.269 e. The molecule has 1 aromatic rings. The minimum atomic E-state index is -1.51. The summed E-state index contributed by atoms with van der Waals surface area (Å²) in [5.41, 5.74) is 1.10. The van der Waals surface area contributed by atoms with Crippen molar-refractivity contribution >= 4 is 23.4 Å². The van der Waals surface area contributed by atoms with Crippen molar-refractivity contribution in [1.29, 1.82) is 0 Å². The zero-order chi connectivity index (χ0) is 17.8. The van der Waals surface area contributed by atoms with Crippen molar-refractivity contribution in [3.63, 3.8) is 0 Å². The third kappa shape index (κ3) is 8.48.